The molecule has 0 spiro atoms. The lowest BCUT2D eigenvalue weighted by molar-refractivity contribution is -0.274. The van der Waals surface area contributed by atoms with Crippen molar-refractivity contribution >= 4 is 23.5 Å². The van der Waals surface area contributed by atoms with E-state index in [4.69, 9.17) is 0 Å². The maximum atomic E-state index is 12.1. The predicted molar refractivity (Wildman–Crippen MR) is 67.3 cm³/mol. The Hall–Kier alpha value is -1.23. The summed E-state index contributed by atoms with van der Waals surface area (Å²) in [5.74, 6) is -0.183. The van der Waals surface area contributed by atoms with E-state index in [1.165, 1.54) is 23.5 Å². The lowest BCUT2D eigenvalue weighted by Crippen LogP contribution is -2.17. The lowest BCUT2D eigenvalue weighted by Gasteiger charge is -2.09. The van der Waals surface area contributed by atoms with Gasteiger partial charge in [0, 0.05) is 15.3 Å². The van der Waals surface area contributed by atoms with Crippen LogP contribution in [0.2, 0.25) is 0 Å². The Balaban J connectivity index is 0.00000121. The Morgan fingerprint density at radius 1 is 1.18 bits per heavy atom. The van der Waals surface area contributed by atoms with Gasteiger partial charge in [0.15, 0.2) is 5.75 Å². The van der Waals surface area contributed by atoms with Crippen molar-refractivity contribution in [1.82, 2.24) is 0 Å². The molecule has 0 aliphatic carbocycles. The van der Waals surface area contributed by atoms with Gasteiger partial charge in [0.25, 0.3) is 0 Å². The summed E-state index contributed by atoms with van der Waals surface area (Å²) in [6.07, 6.45) is -1.86. The minimum atomic E-state index is -4.68. The van der Waals surface area contributed by atoms with E-state index in [9.17, 15) is 13.2 Å². The van der Waals surface area contributed by atoms with Crippen LogP contribution in [0.3, 0.4) is 0 Å². The van der Waals surface area contributed by atoms with Crippen LogP contribution in [0.25, 0.3) is 12.2 Å². The highest BCUT2D eigenvalue weighted by Gasteiger charge is 2.33. The molecular formula is C12H15F3OS. The summed E-state index contributed by atoms with van der Waals surface area (Å²) in [4.78, 5) is 1.08. The molecule has 0 atom stereocenters. The van der Waals surface area contributed by atoms with Crippen LogP contribution in [0.5, 0.6) is 5.75 Å². The minimum absolute atomic E-state index is 0.183. The smallest absolute Gasteiger partial charge is 0.404 e. The maximum Gasteiger partial charge on any atom is 0.573 e. The molecule has 1 rings (SSSR count). The zero-order chi connectivity index (χ0) is 13.6. The van der Waals surface area contributed by atoms with Crippen LogP contribution in [0.15, 0.2) is 13.2 Å². The van der Waals surface area contributed by atoms with Gasteiger partial charge in [-0.05, 0) is 6.92 Å². The summed E-state index contributed by atoms with van der Waals surface area (Å²) in [6.45, 7) is 12.5. The molecule has 0 aliphatic rings. The molecule has 0 saturated heterocycles. The van der Waals surface area contributed by atoms with Crippen LogP contribution in [-0.2, 0) is 0 Å². The molecule has 0 aromatic carbocycles. The zero-order valence-electron chi connectivity index (χ0n) is 10.0. The normalized spacial score (nSPS) is 10.2. The van der Waals surface area contributed by atoms with Crippen LogP contribution in [0, 0.1) is 6.92 Å². The van der Waals surface area contributed by atoms with Crippen LogP contribution in [-0.4, -0.2) is 6.36 Å². The van der Waals surface area contributed by atoms with Gasteiger partial charge in [-0.1, -0.05) is 39.2 Å². The second kappa shape index (κ2) is 6.49. The third kappa shape index (κ3) is 4.26. The van der Waals surface area contributed by atoms with E-state index in [0.29, 0.717) is 15.3 Å². The molecule has 17 heavy (non-hydrogen) atoms. The first-order chi connectivity index (χ1) is 7.89. The van der Waals surface area contributed by atoms with Crippen molar-refractivity contribution < 1.29 is 17.9 Å². The minimum Gasteiger partial charge on any atom is -0.404 e. The number of thiophene rings is 1. The van der Waals surface area contributed by atoms with Crippen molar-refractivity contribution in [3.63, 3.8) is 0 Å². The Labute approximate surface area is 103 Å². The largest absolute Gasteiger partial charge is 0.573 e. The Morgan fingerprint density at radius 3 is 2.06 bits per heavy atom. The fourth-order valence-electron chi connectivity index (χ4n) is 1.16. The van der Waals surface area contributed by atoms with Gasteiger partial charge in [0.05, 0.1) is 0 Å². The summed E-state index contributed by atoms with van der Waals surface area (Å²) in [7, 11) is 0. The van der Waals surface area contributed by atoms with Gasteiger partial charge in [0.1, 0.15) is 0 Å². The van der Waals surface area contributed by atoms with Gasteiger partial charge in [-0.2, -0.15) is 0 Å². The third-order valence-corrected chi connectivity index (χ3v) is 2.80. The van der Waals surface area contributed by atoms with E-state index in [1.54, 1.807) is 6.92 Å². The van der Waals surface area contributed by atoms with Gasteiger partial charge >= 0.3 is 6.36 Å². The van der Waals surface area contributed by atoms with Crippen molar-refractivity contribution in [2.45, 2.75) is 27.1 Å². The van der Waals surface area contributed by atoms with Gasteiger partial charge < -0.3 is 4.74 Å². The predicted octanol–water partition coefficient (Wildman–Crippen LogP) is 5.27. The molecule has 0 saturated carbocycles. The molecule has 0 N–H and O–H groups in total. The Morgan fingerprint density at radius 2 is 1.71 bits per heavy atom. The summed E-state index contributed by atoms with van der Waals surface area (Å²) in [5, 5.41) is 0. The van der Waals surface area contributed by atoms with E-state index in [2.05, 4.69) is 17.9 Å². The highest BCUT2D eigenvalue weighted by Crippen LogP contribution is 2.39. The molecule has 1 aromatic heterocycles. The van der Waals surface area contributed by atoms with E-state index < -0.39 is 6.36 Å². The van der Waals surface area contributed by atoms with Crippen molar-refractivity contribution in [3.8, 4) is 5.75 Å². The standard InChI is InChI=1S/C10H9F3OS.C2H6/c1-4-7-8(5-2)15-6(3)9(7)14-10(11,12)13;1-2/h4-5H,1-2H2,3H3;1-2H3. The second-order valence-corrected chi connectivity index (χ2v) is 3.98. The SMILES string of the molecule is C=Cc1sc(C)c(OC(F)(F)F)c1C=C.CC. The van der Waals surface area contributed by atoms with Crippen LogP contribution >= 0.6 is 11.3 Å². The number of alkyl halides is 3. The van der Waals surface area contributed by atoms with Crippen LogP contribution < -0.4 is 4.74 Å². The van der Waals surface area contributed by atoms with E-state index >= 15 is 0 Å². The summed E-state index contributed by atoms with van der Waals surface area (Å²) in [6, 6.07) is 0. The first-order valence-corrected chi connectivity index (χ1v) is 5.84. The zero-order valence-corrected chi connectivity index (χ0v) is 10.8. The Kier molecular flexibility index (Phi) is 6.02. The topological polar surface area (TPSA) is 9.23 Å². The fraction of sp³-hybridized carbons (Fsp3) is 0.333. The second-order valence-electron chi connectivity index (χ2n) is 2.72. The number of ether oxygens (including phenoxy) is 1. The molecule has 0 aliphatic heterocycles. The first-order valence-electron chi connectivity index (χ1n) is 5.03. The monoisotopic (exact) mass is 264 g/mol. The molecule has 1 nitrogen and oxygen atoms in total. The number of halogens is 3. The van der Waals surface area contributed by atoms with Crippen LogP contribution in [0.1, 0.15) is 29.2 Å². The number of hydrogen-bond acceptors (Lipinski definition) is 2. The number of hydrogen-bond donors (Lipinski definition) is 0. The lowest BCUT2D eigenvalue weighted by atomic mass is 10.2. The van der Waals surface area contributed by atoms with Gasteiger partial charge in [-0.3, -0.25) is 0 Å². The Bertz CT molecular complexity index is 391. The number of rotatable bonds is 3. The quantitative estimate of drug-likeness (QED) is 0.722. The highest BCUT2D eigenvalue weighted by molar-refractivity contribution is 7.13. The molecule has 0 radical (unpaired) electrons. The summed E-state index contributed by atoms with van der Waals surface area (Å²) >= 11 is 1.19. The van der Waals surface area contributed by atoms with Crippen molar-refractivity contribution in [2.24, 2.45) is 0 Å². The van der Waals surface area contributed by atoms with Gasteiger partial charge in [-0.25, -0.2) is 0 Å². The van der Waals surface area contributed by atoms with E-state index in [0.717, 1.165) is 0 Å². The maximum absolute atomic E-state index is 12.1. The van der Waals surface area contributed by atoms with Crippen molar-refractivity contribution in [2.75, 3.05) is 0 Å². The molecule has 0 bridgehead atoms. The average Bonchev–Trinajstić information content (AvgIpc) is 2.56. The van der Waals surface area contributed by atoms with E-state index in [-0.39, 0.29) is 5.75 Å². The van der Waals surface area contributed by atoms with E-state index in [1.807, 2.05) is 13.8 Å². The fourth-order valence-corrected chi connectivity index (χ4v) is 2.10. The molecule has 0 amide bonds. The highest BCUT2D eigenvalue weighted by atomic mass is 32.1. The molecular weight excluding hydrogens is 249 g/mol. The third-order valence-electron chi connectivity index (χ3n) is 1.70. The first kappa shape index (κ1) is 15.8. The number of aryl methyl sites for hydroxylation is 1. The summed E-state index contributed by atoms with van der Waals surface area (Å²) in [5.41, 5.74) is 0.338. The molecule has 1 aromatic rings. The van der Waals surface area contributed by atoms with Crippen molar-refractivity contribution in [1.29, 1.82) is 0 Å². The molecule has 5 heteroatoms. The summed E-state index contributed by atoms with van der Waals surface area (Å²) < 4.78 is 40.1. The van der Waals surface area contributed by atoms with Gasteiger partial charge in [0.2, 0.25) is 0 Å². The average molecular weight is 264 g/mol. The molecule has 1 heterocycles. The molecule has 0 fully saturated rings. The molecule has 96 valence electrons. The van der Waals surface area contributed by atoms with Gasteiger partial charge in [-0.15, -0.1) is 24.5 Å². The van der Waals surface area contributed by atoms with Crippen molar-refractivity contribution in [3.05, 3.63) is 28.5 Å². The van der Waals surface area contributed by atoms with Crippen LogP contribution in [0.4, 0.5) is 13.2 Å². The molecule has 0 unspecified atom stereocenters.